The fraction of sp³-hybridized carbons (Fsp3) is 0.115. The van der Waals surface area contributed by atoms with E-state index in [0.717, 1.165) is 11.1 Å². The van der Waals surface area contributed by atoms with Gasteiger partial charge in [-0.05, 0) is 93.4 Å². The van der Waals surface area contributed by atoms with Crippen LogP contribution < -0.4 is 4.74 Å². The van der Waals surface area contributed by atoms with Crippen LogP contribution in [0, 0.1) is 10.1 Å². The van der Waals surface area contributed by atoms with Crippen molar-refractivity contribution in [1.82, 2.24) is 4.90 Å². The largest absolute Gasteiger partial charge is 0.488 e. The lowest BCUT2D eigenvalue weighted by Crippen LogP contribution is -2.23. The Bertz CT molecular complexity index is 1420. The predicted molar refractivity (Wildman–Crippen MR) is 145 cm³/mol. The predicted octanol–water partition coefficient (Wildman–Crippen LogP) is 5.96. The minimum absolute atomic E-state index is 0.0250. The van der Waals surface area contributed by atoms with Gasteiger partial charge < -0.3 is 9.47 Å². The zero-order valence-electron chi connectivity index (χ0n) is 19.7. The van der Waals surface area contributed by atoms with E-state index in [4.69, 9.17) is 9.47 Å². The average Bonchev–Trinajstić information content (AvgIpc) is 3.16. The van der Waals surface area contributed by atoms with Crippen LogP contribution in [0.25, 0.3) is 6.08 Å². The molecule has 188 valence electrons. The van der Waals surface area contributed by atoms with E-state index in [9.17, 15) is 19.7 Å². The lowest BCUT2D eigenvalue weighted by Gasteiger charge is -2.09. The number of amidine groups is 1. The van der Waals surface area contributed by atoms with Crippen molar-refractivity contribution in [3.8, 4) is 5.75 Å². The first kappa shape index (κ1) is 26.1. The molecule has 4 rings (SSSR count). The van der Waals surface area contributed by atoms with Crippen LogP contribution in [0.15, 0.2) is 81.1 Å². The maximum absolute atomic E-state index is 12.8. The number of methoxy groups -OCH3 is 1. The highest BCUT2D eigenvalue weighted by atomic mass is 79.9. The molecule has 1 aliphatic rings. The lowest BCUT2D eigenvalue weighted by molar-refractivity contribution is -0.384. The first-order valence-corrected chi connectivity index (χ1v) is 12.5. The molecule has 1 heterocycles. The number of carbonyl (C=O) groups excluding carboxylic acids is 2. The van der Waals surface area contributed by atoms with Gasteiger partial charge >= 0.3 is 5.97 Å². The number of amides is 1. The Morgan fingerprint density at radius 3 is 2.46 bits per heavy atom. The minimum atomic E-state index is -0.446. The number of thioether (sulfide) groups is 1. The summed E-state index contributed by atoms with van der Waals surface area (Å²) in [6.45, 7) is 0.247. The molecule has 1 fully saturated rings. The number of nitrogens with zero attached hydrogens (tertiary/aromatic N) is 3. The Morgan fingerprint density at radius 2 is 1.84 bits per heavy atom. The third kappa shape index (κ3) is 6.25. The highest BCUT2D eigenvalue weighted by molar-refractivity contribution is 9.10. The normalized spacial score (nSPS) is 15.3. The second kappa shape index (κ2) is 11.4. The molecule has 1 aliphatic heterocycles. The number of ether oxygens (including phenoxy) is 2. The van der Waals surface area contributed by atoms with Crippen LogP contribution in [0.2, 0.25) is 0 Å². The number of nitro groups is 1. The molecule has 1 amide bonds. The van der Waals surface area contributed by atoms with E-state index in [1.165, 1.54) is 35.9 Å². The van der Waals surface area contributed by atoms with Gasteiger partial charge in [0.05, 0.1) is 32.7 Å². The molecule has 3 aromatic carbocycles. The number of rotatable bonds is 7. The van der Waals surface area contributed by atoms with Crippen LogP contribution in [0.5, 0.6) is 5.75 Å². The monoisotopic (exact) mass is 581 g/mol. The summed E-state index contributed by atoms with van der Waals surface area (Å²) >= 11 is 4.76. The number of halogens is 1. The van der Waals surface area contributed by atoms with E-state index < -0.39 is 10.9 Å². The van der Waals surface area contributed by atoms with E-state index >= 15 is 0 Å². The zero-order chi connectivity index (χ0) is 26.5. The van der Waals surface area contributed by atoms with Crippen molar-refractivity contribution in [2.75, 3.05) is 14.2 Å². The highest BCUT2D eigenvalue weighted by Gasteiger charge is 2.30. The van der Waals surface area contributed by atoms with Gasteiger partial charge in [-0.2, -0.15) is 0 Å². The number of hydrogen-bond donors (Lipinski definition) is 0. The second-order valence-corrected chi connectivity index (χ2v) is 9.67. The van der Waals surface area contributed by atoms with Gasteiger partial charge in [0.25, 0.3) is 11.6 Å². The van der Waals surface area contributed by atoms with E-state index in [1.54, 1.807) is 55.6 Å². The minimum Gasteiger partial charge on any atom is -0.488 e. The maximum atomic E-state index is 12.8. The first-order chi connectivity index (χ1) is 17.7. The quantitative estimate of drug-likeness (QED) is 0.146. The van der Waals surface area contributed by atoms with Crippen LogP contribution in [0.4, 0.5) is 11.4 Å². The Hall–Kier alpha value is -3.96. The topological polar surface area (TPSA) is 111 Å². The summed E-state index contributed by atoms with van der Waals surface area (Å²) in [7, 11) is 2.98. The molecule has 0 aromatic heterocycles. The van der Waals surface area contributed by atoms with E-state index in [2.05, 4.69) is 20.9 Å². The van der Waals surface area contributed by atoms with Gasteiger partial charge in [-0.3, -0.25) is 19.8 Å². The molecule has 0 saturated carbocycles. The van der Waals surface area contributed by atoms with Crippen molar-refractivity contribution in [1.29, 1.82) is 0 Å². The molecule has 37 heavy (non-hydrogen) atoms. The molecule has 3 aromatic rings. The molecule has 0 unspecified atom stereocenters. The Labute approximate surface area is 225 Å². The number of carbonyl (C=O) groups is 2. The molecule has 0 bridgehead atoms. The van der Waals surface area contributed by atoms with Crippen LogP contribution in [0.1, 0.15) is 21.5 Å². The number of aliphatic imine (C=N–C) groups is 1. The Morgan fingerprint density at radius 1 is 1.14 bits per heavy atom. The third-order valence-corrected chi connectivity index (χ3v) is 6.99. The molecule has 11 heteroatoms. The molecule has 0 spiro atoms. The van der Waals surface area contributed by atoms with Gasteiger partial charge in [0, 0.05) is 19.2 Å². The highest BCUT2D eigenvalue weighted by Crippen LogP contribution is 2.35. The van der Waals surface area contributed by atoms with Crippen LogP contribution in [-0.2, 0) is 16.1 Å². The average molecular weight is 582 g/mol. The molecule has 0 atom stereocenters. The van der Waals surface area contributed by atoms with E-state index in [0.29, 0.717) is 31.5 Å². The standard InChI is InChI=1S/C26H20BrN3O6S/c1-29-24(31)23(37-26(29)28-19-8-6-18(7-9-19)25(32)35-2)14-17-5-12-22(21(27)13-17)36-15-16-3-10-20(11-4-16)30(33)34/h3-14H,15H2,1-2H3/b23-14-,28-26?. The number of hydrogen-bond acceptors (Lipinski definition) is 8. The van der Waals surface area contributed by atoms with Gasteiger partial charge in [0.15, 0.2) is 5.17 Å². The number of nitro benzene ring substituents is 1. The number of benzene rings is 3. The summed E-state index contributed by atoms with van der Waals surface area (Å²) in [5.41, 5.74) is 2.64. The SMILES string of the molecule is COC(=O)c1ccc(N=C2S/C(=C\c3ccc(OCc4ccc([N+](=O)[O-])cc4)c(Br)c3)C(=O)N2C)cc1. The molecule has 9 nitrogen and oxygen atoms in total. The van der Waals surface area contributed by atoms with Crippen molar-refractivity contribution in [2.24, 2.45) is 4.99 Å². The number of esters is 1. The van der Waals surface area contributed by atoms with Crippen LogP contribution >= 0.6 is 27.7 Å². The maximum Gasteiger partial charge on any atom is 0.337 e. The fourth-order valence-electron chi connectivity index (χ4n) is 3.30. The van der Waals surface area contributed by atoms with Crippen LogP contribution in [-0.4, -0.2) is 41.0 Å². The van der Waals surface area contributed by atoms with Crippen molar-refractivity contribution in [2.45, 2.75) is 6.61 Å². The molecule has 1 saturated heterocycles. The number of non-ortho nitro benzene ring substituents is 1. The Balaban J connectivity index is 1.44. The fourth-order valence-corrected chi connectivity index (χ4v) is 4.80. The summed E-state index contributed by atoms with van der Waals surface area (Å²) in [6.07, 6.45) is 1.78. The van der Waals surface area contributed by atoms with Gasteiger partial charge in [-0.15, -0.1) is 0 Å². The van der Waals surface area contributed by atoms with Gasteiger partial charge in [0.2, 0.25) is 0 Å². The first-order valence-electron chi connectivity index (χ1n) is 10.9. The van der Waals surface area contributed by atoms with Crippen molar-refractivity contribution in [3.63, 3.8) is 0 Å². The molecular weight excluding hydrogens is 562 g/mol. The third-order valence-electron chi connectivity index (χ3n) is 5.31. The molecular formula is C26H20BrN3O6S. The summed E-state index contributed by atoms with van der Waals surface area (Å²) in [4.78, 5) is 41.3. The van der Waals surface area contributed by atoms with E-state index in [-0.39, 0.29) is 18.2 Å². The van der Waals surface area contributed by atoms with Gasteiger partial charge in [-0.1, -0.05) is 6.07 Å². The molecule has 0 radical (unpaired) electrons. The molecule has 0 aliphatic carbocycles. The summed E-state index contributed by atoms with van der Waals surface area (Å²) in [5.74, 6) is -0.00823. The van der Waals surface area contributed by atoms with Crippen LogP contribution in [0.3, 0.4) is 0 Å². The Kier molecular flexibility index (Phi) is 8.04. The lowest BCUT2D eigenvalue weighted by atomic mass is 10.2. The summed E-state index contributed by atoms with van der Waals surface area (Å²) < 4.78 is 11.2. The summed E-state index contributed by atoms with van der Waals surface area (Å²) in [6, 6.07) is 18.2. The second-order valence-electron chi connectivity index (χ2n) is 7.81. The van der Waals surface area contributed by atoms with Gasteiger partial charge in [0.1, 0.15) is 12.4 Å². The van der Waals surface area contributed by atoms with Crippen molar-refractivity contribution >= 4 is 62.2 Å². The number of likely N-dealkylation sites (N-methyl/N-ethyl adjacent to an activating group) is 1. The van der Waals surface area contributed by atoms with Crippen molar-refractivity contribution in [3.05, 3.63) is 103 Å². The summed E-state index contributed by atoms with van der Waals surface area (Å²) in [5, 5.41) is 11.3. The molecule has 0 N–H and O–H groups in total. The van der Waals surface area contributed by atoms with Gasteiger partial charge in [-0.25, -0.2) is 9.79 Å². The smallest absolute Gasteiger partial charge is 0.337 e. The van der Waals surface area contributed by atoms with Crippen molar-refractivity contribution < 1.29 is 24.0 Å². The zero-order valence-corrected chi connectivity index (χ0v) is 22.1. The van der Waals surface area contributed by atoms with E-state index in [1.807, 2.05) is 12.1 Å².